The van der Waals surface area contributed by atoms with E-state index < -0.39 is 0 Å². The van der Waals surface area contributed by atoms with Gasteiger partial charge in [0, 0.05) is 13.1 Å². The van der Waals surface area contributed by atoms with Crippen molar-refractivity contribution in [2.75, 3.05) is 23.7 Å². The maximum absolute atomic E-state index is 5.68. The summed E-state index contributed by atoms with van der Waals surface area (Å²) < 4.78 is 5.25. The molecule has 0 aromatic carbocycles. The van der Waals surface area contributed by atoms with Crippen LogP contribution in [-0.4, -0.2) is 28.0 Å². The van der Waals surface area contributed by atoms with Crippen LogP contribution in [0.15, 0.2) is 22.8 Å². The second kappa shape index (κ2) is 4.82. The quantitative estimate of drug-likeness (QED) is 0.863. The molecule has 0 atom stereocenters. The van der Waals surface area contributed by atoms with Crippen molar-refractivity contribution >= 4 is 11.9 Å². The minimum absolute atomic E-state index is 0.202. The molecule has 6 heteroatoms. The average Bonchev–Trinajstić information content (AvgIpc) is 2.83. The van der Waals surface area contributed by atoms with Gasteiger partial charge in [-0.05, 0) is 26.0 Å². The van der Waals surface area contributed by atoms with Gasteiger partial charge in [0.25, 0.3) is 0 Å². The fourth-order valence-corrected chi connectivity index (χ4v) is 1.54. The zero-order valence-corrected chi connectivity index (χ0v) is 9.92. The molecule has 0 bridgehead atoms. The van der Waals surface area contributed by atoms with Gasteiger partial charge in [-0.1, -0.05) is 0 Å². The standard InChI is InChI=1S/C11H15N5O/c1-3-16(4-2)11-14-9(13-10(12)15-11)8-6-5-7-17-8/h5-7H,3-4H2,1-2H3,(H2,12,13,14,15). The zero-order chi connectivity index (χ0) is 12.3. The van der Waals surface area contributed by atoms with Gasteiger partial charge in [0.05, 0.1) is 6.26 Å². The first-order chi connectivity index (χ1) is 8.24. The molecule has 0 fully saturated rings. The Bertz CT molecular complexity index is 479. The van der Waals surface area contributed by atoms with Crippen molar-refractivity contribution < 1.29 is 4.42 Å². The number of hydrogen-bond acceptors (Lipinski definition) is 6. The number of hydrogen-bond donors (Lipinski definition) is 1. The van der Waals surface area contributed by atoms with Crippen LogP contribution >= 0.6 is 0 Å². The van der Waals surface area contributed by atoms with Crippen LogP contribution in [0.25, 0.3) is 11.6 Å². The highest BCUT2D eigenvalue weighted by atomic mass is 16.3. The molecule has 0 aliphatic rings. The van der Waals surface area contributed by atoms with Crippen molar-refractivity contribution in [2.45, 2.75) is 13.8 Å². The van der Waals surface area contributed by atoms with Gasteiger partial charge in [-0.3, -0.25) is 0 Å². The van der Waals surface area contributed by atoms with Crippen LogP contribution in [-0.2, 0) is 0 Å². The van der Waals surface area contributed by atoms with E-state index in [2.05, 4.69) is 15.0 Å². The van der Waals surface area contributed by atoms with E-state index in [-0.39, 0.29) is 5.95 Å². The molecule has 6 nitrogen and oxygen atoms in total. The summed E-state index contributed by atoms with van der Waals surface area (Å²) in [6.45, 7) is 5.71. The maximum Gasteiger partial charge on any atom is 0.230 e. The van der Waals surface area contributed by atoms with Crippen molar-refractivity contribution in [3.63, 3.8) is 0 Å². The van der Waals surface area contributed by atoms with Crippen molar-refractivity contribution in [3.8, 4) is 11.6 Å². The van der Waals surface area contributed by atoms with E-state index in [4.69, 9.17) is 10.2 Å². The molecule has 90 valence electrons. The molecule has 2 aromatic heterocycles. The van der Waals surface area contributed by atoms with Gasteiger partial charge in [0.2, 0.25) is 17.7 Å². The second-order valence-corrected chi connectivity index (χ2v) is 3.47. The third kappa shape index (κ3) is 2.35. The van der Waals surface area contributed by atoms with Gasteiger partial charge in [0.1, 0.15) is 0 Å². The van der Waals surface area contributed by atoms with E-state index in [1.54, 1.807) is 18.4 Å². The summed E-state index contributed by atoms with van der Waals surface area (Å²) in [4.78, 5) is 14.5. The predicted octanol–water partition coefficient (Wildman–Crippen LogP) is 1.56. The SMILES string of the molecule is CCN(CC)c1nc(N)nc(-c2ccco2)n1. The molecule has 2 N–H and O–H groups in total. The molecule has 0 unspecified atom stereocenters. The van der Waals surface area contributed by atoms with E-state index in [1.807, 2.05) is 18.7 Å². The van der Waals surface area contributed by atoms with E-state index in [1.165, 1.54) is 0 Å². The largest absolute Gasteiger partial charge is 0.461 e. The highest BCUT2D eigenvalue weighted by molar-refractivity contribution is 5.51. The lowest BCUT2D eigenvalue weighted by Crippen LogP contribution is -2.25. The fourth-order valence-electron chi connectivity index (χ4n) is 1.54. The van der Waals surface area contributed by atoms with Crippen LogP contribution in [0, 0.1) is 0 Å². The summed E-state index contributed by atoms with van der Waals surface area (Å²) in [6, 6.07) is 3.58. The number of nitrogen functional groups attached to an aromatic ring is 1. The smallest absolute Gasteiger partial charge is 0.230 e. The molecular weight excluding hydrogens is 218 g/mol. The summed E-state index contributed by atoms with van der Waals surface area (Å²) in [5.41, 5.74) is 5.68. The van der Waals surface area contributed by atoms with Gasteiger partial charge in [-0.15, -0.1) is 0 Å². The Hall–Kier alpha value is -2.11. The van der Waals surface area contributed by atoms with Gasteiger partial charge in [-0.2, -0.15) is 15.0 Å². The fraction of sp³-hybridized carbons (Fsp3) is 0.364. The first-order valence-corrected chi connectivity index (χ1v) is 5.55. The Morgan fingerprint density at radius 2 is 2.00 bits per heavy atom. The van der Waals surface area contributed by atoms with Crippen LogP contribution in [0.5, 0.6) is 0 Å². The molecule has 0 aliphatic heterocycles. The first-order valence-electron chi connectivity index (χ1n) is 5.55. The molecule has 2 heterocycles. The third-order valence-electron chi connectivity index (χ3n) is 2.43. The molecule has 0 amide bonds. The van der Waals surface area contributed by atoms with Crippen molar-refractivity contribution in [2.24, 2.45) is 0 Å². The van der Waals surface area contributed by atoms with Gasteiger partial charge >= 0.3 is 0 Å². The minimum Gasteiger partial charge on any atom is -0.461 e. The monoisotopic (exact) mass is 233 g/mol. The van der Waals surface area contributed by atoms with Crippen molar-refractivity contribution in [1.29, 1.82) is 0 Å². The third-order valence-corrected chi connectivity index (χ3v) is 2.43. The molecule has 17 heavy (non-hydrogen) atoms. The Balaban J connectivity index is 2.42. The molecule has 2 rings (SSSR count). The molecule has 2 aromatic rings. The normalized spacial score (nSPS) is 10.5. The van der Waals surface area contributed by atoms with Gasteiger partial charge in [0.15, 0.2) is 5.76 Å². The predicted molar refractivity (Wildman–Crippen MR) is 65.5 cm³/mol. The number of aromatic nitrogens is 3. The summed E-state index contributed by atoms with van der Waals surface area (Å²) in [7, 11) is 0. The lowest BCUT2D eigenvalue weighted by Gasteiger charge is -2.18. The van der Waals surface area contributed by atoms with Crippen LogP contribution in [0.4, 0.5) is 11.9 Å². The van der Waals surface area contributed by atoms with Gasteiger partial charge in [-0.25, -0.2) is 0 Å². The topological polar surface area (TPSA) is 81.1 Å². The molecule has 0 spiro atoms. The number of anilines is 2. The number of furan rings is 1. The number of rotatable bonds is 4. The Morgan fingerprint density at radius 1 is 1.24 bits per heavy atom. The molecular formula is C11H15N5O. The first kappa shape index (κ1) is 11.4. The van der Waals surface area contributed by atoms with Crippen LogP contribution in [0.1, 0.15) is 13.8 Å². The maximum atomic E-state index is 5.68. The Morgan fingerprint density at radius 3 is 2.59 bits per heavy atom. The lowest BCUT2D eigenvalue weighted by molar-refractivity contribution is 0.576. The van der Waals surface area contributed by atoms with E-state index in [0.717, 1.165) is 13.1 Å². The van der Waals surface area contributed by atoms with Crippen molar-refractivity contribution in [1.82, 2.24) is 15.0 Å². The van der Waals surface area contributed by atoms with Crippen LogP contribution < -0.4 is 10.6 Å². The number of nitrogens with two attached hydrogens (primary N) is 1. The molecule has 0 aliphatic carbocycles. The van der Waals surface area contributed by atoms with Crippen molar-refractivity contribution in [3.05, 3.63) is 18.4 Å². The number of nitrogens with zero attached hydrogens (tertiary/aromatic N) is 4. The Kier molecular flexibility index (Phi) is 3.22. The minimum atomic E-state index is 0.202. The summed E-state index contributed by atoms with van der Waals surface area (Å²) >= 11 is 0. The molecule has 0 radical (unpaired) electrons. The van der Waals surface area contributed by atoms with Gasteiger partial charge < -0.3 is 15.1 Å². The van der Waals surface area contributed by atoms with Crippen LogP contribution in [0.2, 0.25) is 0 Å². The second-order valence-electron chi connectivity index (χ2n) is 3.47. The summed E-state index contributed by atoms with van der Waals surface area (Å²) in [5.74, 6) is 1.83. The highest BCUT2D eigenvalue weighted by Crippen LogP contribution is 2.18. The Labute approximate surface area is 99.5 Å². The summed E-state index contributed by atoms with van der Waals surface area (Å²) in [5, 5.41) is 0. The lowest BCUT2D eigenvalue weighted by atomic mass is 10.4. The van der Waals surface area contributed by atoms with E-state index in [9.17, 15) is 0 Å². The summed E-state index contributed by atoms with van der Waals surface area (Å²) in [6.07, 6.45) is 1.58. The van der Waals surface area contributed by atoms with E-state index in [0.29, 0.717) is 17.5 Å². The highest BCUT2D eigenvalue weighted by Gasteiger charge is 2.12. The zero-order valence-electron chi connectivity index (χ0n) is 9.92. The average molecular weight is 233 g/mol. The van der Waals surface area contributed by atoms with Crippen LogP contribution in [0.3, 0.4) is 0 Å². The van der Waals surface area contributed by atoms with E-state index >= 15 is 0 Å². The molecule has 0 saturated carbocycles. The molecule has 0 saturated heterocycles.